The van der Waals surface area contributed by atoms with Crippen LogP contribution >= 0.6 is 0 Å². The Bertz CT molecular complexity index is 1190. The van der Waals surface area contributed by atoms with Crippen LogP contribution < -0.4 is 5.32 Å². The molecule has 0 aromatic heterocycles. The summed E-state index contributed by atoms with van der Waals surface area (Å²) in [6.45, 7) is 2.82. The third-order valence-corrected chi connectivity index (χ3v) is 7.29. The van der Waals surface area contributed by atoms with Crippen LogP contribution in [-0.4, -0.2) is 49.7 Å². The van der Waals surface area contributed by atoms with Gasteiger partial charge in [0.15, 0.2) is 0 Å². The molecule has 6 nitrogen and oxygen atoms in total. The van der Waals surface area contributed by atoms with Gasteiger partial charge in [0.2, 0.25) is 10.0 Å². The number of carbonyl (C=O) groups is 1. The first kappa shape index (κ1) is 22.1. The second-order valence-corrected chi connectivity index (χ2v) is 9.60. The molecule has 1 amide bonds. The first-order valence-corrected chi connectivity index (χ1v) is 11.8. The van der Waals surface area contributed by atoms with Gasteiger partial charge in [-0.15, -0.1) is 0 Å². The Morgan fingerprint density at radius 1 is 0.875 bits per heavy atom. The summed E-state index contributed by atoms with van der Waals surface area (Å²) < 4.78 is 41.1. The van der Waals surface area contributed by atoms with Crippen molar-refractivity contribution in [3.05, 3.63) is 95.8 Å². The zero-order valence-electron chi connectivity index (χ0n) is 17.4. The van der Waals surface area contributed by atoms with Crippen LogP contribution in [0.25, 0.3) is 0 Å². The van der Waals surface area contributed by atoms with E-state index in [2.05, 4.69) is 22.3 Å². The van der Waals surface area contributed by atoms with Crippen molar-refractivity contribution in [2.24, 2.45) is 0 Å². The average Bonchev–Trinajstić information content (AvgIpc) is 2.80. The number of benzene rings is 3. The summed E-state index contributed by atoms with van der Waals surface area (Å²) in [6.07, 6.45) is 0. The molecule has 0 saturated carbocycles. The van der Waals surface area contributed by atoms with Crippen LogP contribution in [0.4, 0.5) is 10.1 Å². The van der Waals surface area contributed by atoms with E-state index in [1.54, 1.807) is 12.1 Å². The van der Waals surface area contributed by atoms with Crippen molar-refractivity contribution in [3.63, 3.8) is 0 Å². The molecule has 166 valence electrons. The van der Waals surface area contributed by atoms with Gasteiger partial charge in [0.25, 0.3) is 5.91 Å². The Balaban J connectivity index is 1.42. The molecule has 0 unspecified atom stereocenters. The molecule has 0 aliphatic carbocycles. The van der Waals surface area contributed by atoms with Crippen molar-refractivity contribution < 1.29 is 17.6 Å². The van der Waals surface area contributed by atoms with E-state index >= 15 is 0 Å². The van der Waals surface area contributed by atoms with Crippen molar-refractivity contribution in [2.45, 2.75) is 11.4 Å². The molecule has 0 radical (unpaired) electrons. The summed E-state index contributed by atoms with van der Waals surface area (Å²) in [7, 11) is -3.73. The number of amides is 1. The molecule has 1 aliphatic rings. The lowest BCUT2D eigenvalue weighted by Crippen LogP contribution is -2.48. The number of carbonyl (C=O) groups excluding carboxylic acids is 1. The molecule has 1 fully saturated rings. The number of halogens is 1. The van der Waals surface area contributed by atoms with Gasteiger partial charge in [0.1, 0.15) is 5.82 Å². The zero-order chi connectivity index (χ0) is 22.6. The number of piperazine rings is 1. The molecule has 0 atom stereocenters. The predicted molar refractivity (Wildman–Crippen MR) is 121 cm³/mol. The van der Waals surface area contributed by atoms with Crippen molar-refractivity contribution in [1.82, 2.24) is 9.21 Å². The highest BCUT2D eigenvalue weighted by atomic mass is 32.2. The Morgan fingerprint density at radius 2 is 1.59 bits per heavy atom. The number of hydrogen-bond donors (Lipinski definition) is 1. The predicted octanol–water partition coefficient (Wildman–Crippen LogP) is 3.58. The fourth-order valence-electron chi connectivity index (χ4n) is 3.69. The summed E-state index contributed by atoms with van der Waals surface area (Å²) >= 11 is 0. The fourth-order valence-corrected chi connectivity index (χ4v) is 5.15. The molecule has 1 aliphatic heterocycles. The third-order valence-electron chi connectivity index (χ3n) is 5.40. The Labute approximate surface area is 187 Å². The van der Waals surface area contributed by atoms with Crippen molar-refractivity contribution in [1.29, 1.82) is 0 Å². The first-order valence-electron chi connectivity index (χ1n) is 10.4. The molecule has 0 bridgehead atoms. The van der Waals surface area contributed by atoms with Crippen LogP contribution in [0.15, 0.2) is 83.8 Å². The van der Waals surface area contributed by atoms with Gasteiger partial charge in [-0.25, -0.2) is 12.8 Å². The Hall–Kier alpha value is -3.07. The van der Waals surface area contributed by atoms with Crippen LogP contribution in [0.3, 0.4) is 0 Å². The molecular formula is C24H24FN3O3S. The minimum atomic E-state index is -3.73. The van der Waals surface area contributed by atoms with Gasteiger partial charge in [-0.1, -0.05) is 42.5 Å². The lowest BCUT2D eigenvalue weighted by atomic mass is 10.2. The summed E-state index contributed by atoms with van der Waals surface area (Å²) in [4.78, 5) is 14.8. The maximum Gasteiger partial charge on any atom is 0.255 e. The molecule has 1 saturated heterocycles. The molecular weight excluding hydrogens is 429 g/mol. The Morgan fingerprint density at radius 3 is 2.31 bits per heavy atom. The number of nitrogens with zero attached hydrogens (tertiary/aromatic N) is 2. The van der Waals surface area contributed by atoms with E-state index in [0.29, 0.717) is 31.9 Å². The van der Waals surface area contributed by atoms with Crippen molar-refractivity contribution in [3.8, 4) is 0 Å². The molecule has 8 heteroatoms. The van der Waals surface area contributed by atoms with Gasteiger partial charge >= 0.3 is 0 Å². The average molecular weight is 454 g/mol. The molecule has 3 aromatic rings. The van der Waals surface area contributed by atoms with Gasteiger partial charge in [0.05, 0.1) is 4.90 Å². The van der Waals surface area contributed by atoms with Crippen LogP contribution in [0.1, 0.15) is 15.9 Å². The van der Waals surface area contributed by atoms with E-state index in [1.165, 1.54) is 46.3 Å². The van der Waals surface area contributed by atoms with Gasteiger partial charge in [-0.2, -0.15) is 4.31 Å². The van der Waals surface area contributed by atoms with E-state index < -0.39 is 21.7 Å². The minimum Gasteiger partial charge on any atom is -0.322 e. The van der Waals surface area contributed by atoms with Gasteiger partial charge in [-0.3, -0.25) is 9.69 Å². The van der Waals surface area contributed by atoms with Gasteiger partial charge in [-0.05, 0) is 42.0 Å². The number of nitrogens with one attached hydrogen (secondary N) is 1. The van der Waals surface area contributed by atoms with Crippen LogP contribution in [0.2, 0.25) is 0 Å². The number of anilines is 1. The standard InChI is InChI=1S/C24H24FN3O3S/c25-21-9-5-10-22(17-21)26-24(29)20-8-4-11-23(16-20)32(30,31)28-14-12-27(13-15-28)18-19-6-2-1-3-7-19/h1-11,16-17H,12-15,18H2,(H,26,29). The highest BCUT2D eigenvalue weighted by molar-refractivity contribution is 7.89. The second-order valence-electron chi connectivity index (χ2n) is 7.66. The summed E-state index contributed by atoms with van der Waals surface area (Å²) in [5.41, 5.74) is 1.69. The van der Waals surface area contributed by atoms with Crippen LogP contribution in [-0.2, 0) is 16.6 Å². The van der Waals surface area contributed by atoms with Crippen molar-refractivity contribution >= 4 is 21.6 Å². The molecule has 1 N–H and O–H groups in total. The van der Waals surface area contributed by atoms with Crippen molar-refractivity contribution in [2.75, 3.05) is 31.5 Å². The van der Waals surface area contributed by atoms with E-state index in [-0.39, 0.29) is 10.5 Å². The molecule has 0 spiro atoms. The largest absolute Gasteiger partial charge is 0.322 e. The van der Waals surface area contributed by atoms with Crippen LogP contribution in [0, 0.1) is 5.82 Å². The quantitative estimate of drug-likeness (QED) is 0.619. The normalized spacial score (nSPS) is 15.4. The second kappa shape index (κ2) is 9.60. The van der Waals surface area contributed by atoms with Gasteiger partial charge in [0, 0.05) is 44.0 Å². The lowest BCUT2D eigenvalue weighted by Gasteiger charge is -2.34. The minimum absolute atomic E-state index is 0.0703. The van der Waals surface area contributed by atoms with E-state index in [9.17, 15) is 17.6 Å². The highest BCUT2D eigenvalue weighted by Crippen LogP contribution is 2.20. The number of sulfonamides is 1. The topological polar surface area (TPSA) is 69.7 Å². The molecule has 4 rings (SSSR count). The van der Waals surface area contributed by atoms with E-state index in [1.807, 2.05) is 18.2 Å². The monoisotopic (exact) mass is 453 g/mol. The smallest absolute Gasteiger partial charge is 0.255 e. The molecule has 32 heavy (non-hydrogen) atoms. The Kier molecular flexibility index (Phi) is 6.64. The van der Waals surface area contributed by atoms with Gasteiger partial charge < -0.3 is 5.32 Å². The summed E-state index contributed by atoms with van der Waals surface area (Å²) in [6, 6.07) is 21.5. The SMILES string of the molecule is O=C(Nc1cccc(F)c1)c1cccc(S(=O)(=O)N2CCN(Cc3ccccc3)CC2)c1. The summed E-state index contributed by atoms with van der Waals surface area (Å²) in [5, 5.41) is 2.59. The maximum atomic E-state index is 13.4. The molecule has 3 aromatic carbocycles. The zero-order valence-corrected chi connectivity index (χ0v) is 18.3. The summed E-state index contributed by atoms with van der Waals surface area (Å²) in [5.74, 6) is -0.967. The first-order chi connectivity index (χ1) is 15.4. The number of rotatable bonds is 6. The lowest BCUT2D eigenvalue weighted by molar-refractivity contribution is 0.102. The molecule has 1 heterocycles. The maximum absolute atomic E-state index is 13.4. The highest BCUT2D eigenvalue weighted by Gasteiger charge is 2.29. The number of hydrogen-bond acceptors (Lipinski definition) is 4. The third kappa shape index (κ3) is 5.21. The fraction of sp³-hybridized carbons (Fsp3) is 0.208. The van der Waals surface area contributed by atoms with E-state index in [0.717, 1.165) is 6.54 Å². The van der Waals surface area contributed by atoms with E-state index in [4.69, 9.17) is 0 Å². The van der Waals surface area contributed by atoms with Crippen LogP contribution in [0.5, 0.6) is 0 Å².